The van der Waals surface area contributed by atoms with E-state index in [1.165, 1.54) is 17.0 Å². The Morgan fingerprint density at radius 1 is 1.12 bits per heavy atom. The summed E-state index contributed by atoms with van der Waals surface area (Å²) >= 11 is 0. The van der Waals surface area contributed by atoms with Gasteiger partial charge in [-0.1, -0.05) is 12.1 Å². The molecule has 2 aliphatic rings. The average molecular weight is 339 g/mol. The van der Waals surface area contributed by atoms with Crippen LogP contribution in [0.5, 0.6) is 0 Å². The van der Waals surface area contributed by atoms with Crippen molar-refractivity contribution < 1.29 is 14.5 Å². The number of carbonyl (C=O) groups is 2. The van der Waals surface area contributed by atoms with Crippen LogP contribution in [0, 0.1) is 16.0 Å². The zero-order chi connectivity index (χ0) is 17.6. The molecule has 4 rings (SSSR count). The Bertz CT molecular complexity index is 903. The number of nitrogens with zero attached hydrogens (tertiary/aromatic N) is 2. The molecule has 1 N–H and O–H groups in total. The molecular formula is C18H17N3O4. The summed E-state index contributed by atoms with van der Waals surface area (Å²) in [7, 11) is 0. The van der Waals surface area contributed by atoms with Crippen LogP contribution >= 0.6 is 0 Å². The number of non-ortho nitro benzene ring substituents is 1. The van der Waals surface area contributed by atoms with E-state index in [9.17, 15) is 19.7 Å². The lowest BCUT2D eigenvalue weighted by molar-refractivity contribution is -0.384. The van der Waals surface area contributed by atoms with Gasteiger partial charge in [0.05, 0.1) is 10.5 Å². The minimum Gasteiger partial charge on any atom is -0.317 e. The molecule has 2 aliphatic heterocycles. The number of amides is 2. The summed E-state index contributed by atoms with van der Waals surface area (Å²) in [6.07, 6.45) is 1.81. The highest BCUT2D eigenvalue weighted by atomic mass is 16.6. The van der Waals surface area contributed by atoms with Gasteiger partial charge in [0.25, 0.3) is 17.5 Å². The molecule has 1 saturated heterocycles. The second-order valence-electron chi connectivity index (χ2n) is 6.57. The van der Waals surface area contributed by atoms with E-state index in [1.54, 1.807) is 18.2 Å². The van der Waals surface area contributed by atoms with Gasteiger partial charge in [-0.05, 0) is 43.3 Å². The highest BCUT2D eigenvalue weighted by molar-refractivity contribution is 6.25. The maximum absolute atomic E-state index is 12.9. The predicted molar refractivity (Wildman–Crippen MR) is 91.6 cm³/mol. The Kier molecular flexibility index (Phi) is 3.73. The van der Waals surface area contributed by atoms with Gasteiger partial charge in [-0.15, -0.1) is 0 Å². The molecule has 0 aliphatic carbocycles. The normalized spacial score (nSPS) is 18.0. The Balaban J connectivity index is 1.81. The summed E-state index contributed by atoms with van der Waals surface area (Å²) in [5, 5.41) is 15.5. The molecule has 2 aromatic rings. The molecule has 0 bridgehead atoms. The summed E-state index contributed by atoms with van der Waals surface area (Å²) in [4.78, 5) is 37.7. The molecule has 0 radical (unpaired) electrons. The number of hydrogen-bond donors (Lipinski definition) is 1. The van der Waals surface area contributed by atoms with Crippen molar-refractivity contribution in [2.45, 2.75) is 12.8 Å². The lowest BCUT2D eigenvalue weighted by Crippen LogP contribution is -2.45. The first-order valence-electron chi connectivity index (χ1n) is 8.34. The predicted octanol–water partition coefficient (Wildman–Crippen LogP) is 2.34. The lowest BCUT2D eigenvalue weighted by atomic mass is 9.91. The average Bonchev–Trinajstić information content (AvgIpc) is 2.63. The summed E-state index contributed by atoms with van der Waals surface area (Å²) in [6.45, 7) is 2.11. The number of imide groups is 1. The minimum absolute atomic E-state index is 0.135. The first-order chi connectivity index (χ1) is 12.1. The van der Waals surface area contributed by atoms with Gasteiger partial charge < -0.3 is 5.32 Å². The van der Waals surface area contributed by atoms with Gasteiger partial charge in [0, 0.05) is 29.6 Å². The third-order valence-electron chi connectivity index (χ3n) is 5.02. The number of hydrogen-bond acceptors (Lipinski definition) is 5. The van der Waals surface area contributed by atoms with Crippen LogP contribution in [0.4, 0.5) is 5.69 Å². The van der Waals surface area contributed by atoms with Gasteiger partial charge in [0.2, 0.25) is 0 Å². The molecule has 128 valence electrons. The van der Waals surface area contributed by atoms with E-state index in [-0.39, 0.29) is 23.1 Å². The van der Waals surface area contributed by atoms with Gasteiger partial charge in [0.15, 0.2) is 0 Å². The largest absolute Gasteiger partial charge is 0.317 e. The van der Waals surface area contributed by atoms with Gasteiger partial charge in [-0.2, -0.15) is 0 Å². The van der Waals surface area contributed by atoms with Crippen LogP contribution in [0.2, 0.25) is 0 Å². The quantitative estimate of drug-likeness (QED) is 0.526. The van der Waals surface area contributed by atoms with E-state index >= 15 is 0 Å². The molecule has 2 amide bonds. The highest BCUT2D eigenvalue weighted by Gasteiger charge is 2.35. The van der Waals surface area contributed by atoms with E-state index in [2.05, 4.69) is 5.32 Å². The van der Waals surface area contributed by atoms with E-state index in [0.717, 1.165) is 25.9 Å². The molecule has 25 heavy (non-hydrogen) atoms. The third kappa shape index (κ3) is 2.56. The van der Waals surface area contributed by atoms with Crippen LogP contribution in [0.3, 0.4) is 0 Å². The number of nitrogens with one attached hydrogen (secondary N) is 1. The van der Waals surface area contributed by atoms with Crippen LogP contribution in [0.15, 0.2) is 30.3 Å². The molecular weight excluding hydrogens is 322 g/mol. The second-order valence-corrected chi connectivity index (χ2v) is 6.57. The maximum atomic E-state index is 12.9. The number of rotatable bonds is 3. The van der Waals surface area contributed by atoms with Crippen molar-refractivity contribution in [1.82, 2.24) is 10.2 Å². The Morgan fingerprint density at radius 2 is 1.84 bits per heavy atom. The van der Waals surface area contributed by atoms with Crippen LogP contribution in [-0.4, -0.2) is 41.3 Å². The van der Waals surface area contributed by atoms with E-state index in [0.29, 0.717) is 22.9 Å². The van der Waals surface area contributed by atoms with Crippen molar-refractivity contribution in [2.75, 3.05) is 19.6 Å². The molecule has 0 aromatic heterocycles. The Labute approximate surface area is 143 Å². The molecule has 0 spiro atoms. The van der Waals surface area contributed by atoms with Crippen molar-refractivity contribution >= 4 is 28.3 Å². The Morgan fingerprint density at radius 3 is 2.56 bits per heavy atom. The van der Waals surface area contributed by atoms with Gasteiger partial charge in [-0.25, -0.2) is 0 Å². The third-order valence-corrected chi connectivity index (χ3v) is 5.02. The van der Waals surface area contributed by atoms with Crippen LogP contribution in [-0.2, 0) is 0 Å². The summed E-state index contributed by atoms with van der Waals surface area (Å²) in [5.74, 6) is -0.486. The Hall–Kier alpha value is -2.80. The van der Waals surface area contributed by atoms with Gasteiger partial charge in [-0.3, -0.25) is 24.6 Å². The number of nitro groups is 1. The van der Waals surface area contributed by atoms with Crippen molar-refractivity contribution in [3.05, 3.63) is 51.6 Å². The van der Waals surface area contributed by atoms with Crippen LogP contribution in [0.25, 0.3) is 10.8 Å². The first-order valence-corrected chi connectivity index (χ1v) is 8.34. The second kappa shape index (κ2) is 5.93. The number of carbonyl (C=O) groups excluding carboxylic acids is 2. The van der Waals surface area contributed by atoms with Crippen LogP contribution in [0.1, 0.15) is 33.6 Å². The number of benzene rings is 2. The SMILES string of the molecule is O=C1c2cccc3cc([N+](=O)[O-])cc(c23)C(=O)N1CC1CCNCC1. The molecule has 2 heterocycles. The van der Waals surface area contributed by atoms with E-state index in [4.69, 9.17) is 0 Å². The van der Waals surface area contributed by atoms with Gasteiger partial charge >= 0.3 is 0 Å². The fourth-order valence-corrected chi connectivity index (χ4v) is 3.74. The molecule has 1 fully saturated rings. The number of nitro benzene ring substituents is 1. The number of piperidine rings is 1. The zero-order valence-electron chi connectivity index (χ0n) is 13.5. The fourth-order valence-electron chi connectivity index (χ4n) is 3.74. The van der Waals surface area contributed by atoms with E-state index in [1.807, 2.05) is 0 Å². The molecule has 0 saturated carbocycles. The smallest absolute Gasteiger partial charge is 0.270 e. The minimum atomic E-state index is -0.510. The summed E-state index contributed by atoms with van der Waals surface area (Å²) in [5.41, 5.74) is 0.549. The van der Waals surface area contributed by atoms with E-state index < -0.39 is 10.8 Å². The first kappa shape index (κ1) is 15.7. The van der Waals surface area contributed by atoms with Crippen molar-refractivity contribution in [3.63, 3.8) is 0 Å². The molecule has 0 atom stereocenters. The summed E-state index contributed by atoms with van der Waals surface area (Å²) < 4.78 is 0. The van der Waals surface area contributed by atoms with Gasteiger partial charge in [0.1, 0.15) is 0 Å². The monoisotopic (exact) mass is 339 g/mol. The topological polar surface area (TPSA) is 92.5 Å². The standard InChI is InChI=1S/C18H17N3O4/c22-17-14-3-1-2-12-8-13(21(24)25)9-15(16(12)14)18(23)20(17)10-11-4-6-19-7-5-11/h1-3,8-9,11,19H,4-7,10H2. The van der Waals surface area contributed by atoms with Crippen LogP contribution < -0.4 is 5.32 Å². The van der Waals surface area contributed by atoms with Crippen molar-refractivity contribution in [2.24, 2.45) is 5.92 Å². The van der Waals surface area contributed by atoms with Crippen molar-refractivity contribution in [3.8, 4) is 0 Å². The highest BCUT2D eigenvalue weighted by Crippen LogP contribution is 2.34. The summed E-state index contributed by atoms with van der Waals surface area (Å²) in [6, 6.07) is 7.77. The van der Waals surface area contributed by atoms with Crippen molar-refractivity contribution in [1.29, 1.82) is 0 Å². The molecule has 7 nitrogen and oxygen atoms in total. The maximum Gasteiger partial charge on any atom is 0.270 e. The molecule has 2 aromatic carbocycles. The zero-order valence-corrected chi connectivity index (χ0v) is 13.5. The molecule has 7 heteroatoms. The lowest BCUT2D eigenvalue weighted by Gasteiger charge is -2.32. The fraction of sp³-hybridized carbons (Fsp3) is 0.333. The molecule has 0 unspecified atom stereocenters.